The van der Waals surface area contributed by atoms with Crippen LogP contribution in [0.15, 0.2) is 78.1 Å². The Morgan fingerprint density at radius 2 is 1.81 bits per heavy atom. The molecule has 0 saturated heterocycles. The number of aromatic nitrogens is 2. The van der Waals surface area contributed by atoms with Gasteiger partial charge in [-0.2, -0.15) is 0 Å². The lowest BCUT2D eigenvalue weighted by atomic mass is 10.2. The molecule has 0 aliphatic carbocycles. The maximum Gasteiger partial charge on any atom is 0.142 e. The fourth-order valence-electron chi connectivity index (χ4n) is 3.41. The van der Waals surface area contributed by atoms with E-state index in [1.807, 2.05) is 34.6 Å². The van der Waals surface area contributed by atoms with E-state index in [0.717, 1.165) is 11.1 Å². The molecule has 0 fully saturated rings. The summed E-state index contributed by atoms with van der Waals surface area (Å²) in [6.07, 6.45) is 3.07. The second-order valence-corrected chi connectivity index (χ2v) is 9.46. The van der Waals surface area contributed by atoms with Gasteiger partial charge in [-0.15, -0.1) is 0 Å². The van der Waals surface area contributed by atoms with Gasteiger partial charge < -0.3 is 14.8 Å². The van der Waals surface area contributed by atoms with Gasteiger partial charge in [0.25, 0.3) is 0 Å². The van der Waals surface area contributed by atoms with Crippen LogP contribution in [0.4, 0.5) is 15.9 Å². The van der Waals surface area contributed by atoms with Crippen molar-refractivity contribution in [1.29, 1.82) is 0 Å². The maximum atomic E-state index is 15.2. The van der Waals surface area contributed by atoms with E-state index in [9.17, 15) is 0 Å². The van der Waals surface area contributed by atoms with Crippen LogP contribution in [0.25, 0.3) is 0 Å². The average Bonchev–Trinajstić information content (AvgIpc) is 2.90. The summed E-state index contributed by atoms with van der Waals surface area (Å²) in [5.74, 6) is 1.50. The van der Waals surface area contributed by atoms with E-state index in [-0.39, 0.29) is 0 Å². The molecule has 0 amide bonds. The van der Waals surface area contributed by atoms with Crippen LogP contribution in [-0.4, -0.2) is 24.2 Å². The molecule has 3 aromatic carbocycles. The third-order valence-corrected chi connectivity index (χ3v) is 7.01. The van der Waals surface area contributed by atoms with Crippen LogP contribution in [0.2, 0.25) is 10.0 Å². The lowest BCUT2D eigenvalue weighted by Crippen LogP contribution is -2.16. The summed E-state index contributed by atoms with van der Waals surface area (Å²) in [5, 5.41) is 4.17. The Hall–Kier alpha value is -3.20. The maximum absolute atomic E-state index is 15.2. The molecule has 4 aromatic rings. The van der Waals surface area contributed by atoms with Crippen LogP contribution in [0, 0.1) is 5.82 Å². The largest absolute Gasteiger partial charge is 0.497 e. The Kier molecular flexibility index (Phi) is 8.74. The fourth-order valence-corrected chi connectivity index (χ4v) is 4.87. The molecule has 36 heavy (non-hydrogen) atoms. The van der Waals surface area contributed by atoms with Crippen LogP contribution in [-0.2, 0) is 13.1 Å². The van der Waals surface area contributed by atoms with E-state index >= 15 is 4.39 Å². The first kappa shape index (κ1) is 25.9. The van der Waals surface area contributed by atoms with Gasteiger partial charge in [0.2, 0.25) is 0 Å². The number of methoxy groups -OCH3 is 2. The quantitative estimate of drug-likeness (QED) is 0.211. The van der Waals surface area contributed by atoms with Crippen molar-refractivity contribution in [3.63, 3.8) is 0 Å². The summed E-state index contributed by atoms with van der Waals surface area (Å²) in [7, 11) is 3.19. The summed E-state index contributed by atoms with van der Waals surface area (Å²) in [4.78, 5) is 8.68. The first-order chi connectivity index (χ1) is 17.5. The fraction of sp³-hybridized carbons (Fsp3) is 0.154. The van der Waals surface area contributed by atoms with Gasteiger partial charge in [-0.3, -0.25) is 4.31 Å². The summed E-state index contributed by atoms with van der Waals surface area (Å²) < 4.78 is 27.9. The van der Waals surface area contributed by atoms with E-state index in [1.54, 1.807) is 44.7 Å². The highest BCUT2D eigenvalue weighted by molar-refractivity contribution is 8.00. The molecule has 4 rings (SSSR count). The monoisotopic (exact) mass is 544 g/mol. The van der Waals surface area contributed by atoms with Crippen molar-refractivity contribution in [3.05, 3.63) is 100 Å². The minimum atomic E-state index is -0.424. The predicted molar refractivity (Wildman–Crippen MR) is 144 cm³/mol. The highest BCUT2D eigenvalue weighted by Crippen LogP contribution is 2.37. The summed E-state index contributed by atoms with van der Waals surface area (Å²) >= 11 is 13.9. The number of ether oxygens (including phenoxy) is 2. The predicted octanol–water partition coefficient (Wildman–Crippen LogP) is 7.27. The van der Waals surface area contributed by atoms with Gasteiger partial charge in [0.15, 0.2) is 0 Å². The molecule has 186 valence electrons. The summed E-state index contributed by atoms with van der Waals surface area (Å²) in [6.45, 7) is 0.786. The van der Waals surface area contributed by atoms with Crippen molar-refractivity contribution in [2.45, 2.75) is 18.0 Å². The molecule has 0 saturated carbocycles. The van der Waals surface area contributed by atoms with Crippen molar-refractivity contribution >= 4 is 46.7 Å². The SMILES string of the molecule is COc1ccc(CN(Sc2cc(Cl)c(NCc3ccccc3Cl)cc2F)c2ccncn2)c(OC)c1. The Balaban J connectivity index is 1.58. The number of hydrogen-bond donors (Lipinski definition) is 1. The molecule has 0 atom stereocenters. The van der Waals surface area contributed by atoms with E-state index in [2.05, 4.69) is 15.3 Å². The molecule has 1 heterocycles. The zero-order chi connectivity index (χ0) is 25.5. The van der Waals surface area contributed by atoms with Gasteiger partial charge in [0.05, 0.1) is 36.4 Å². The molecule has 0 spiro atoms. The second-order valence-electron chi connectivity index (χ2n) is 7.58. The molecule has 0 unspecified atom stereocenters. The summed E-state index contributed by atoms with van der Waals surface area (Å²) in [5.41, 5.74) is 2.23. The van der Waals surface area contributed by atoms with Crippen molar-refractivity contribution in [3.8, 4) is 11.5 Å². The van der Waals surface area contributed by atoms with Gasteiger partial charge >= 0.3 is 0 Å². The van der Waals surface area contributed by atoms with Gasteiger partial charge in [-0.05, 0) is 53.9 Å². The van der Waals surface area contributed by atoms with Crippen LogP contribution >= 0.6 is 35.1 Å². The van der Waals surface area contributed by atoms with E-state index < -0.39 is 5.82 Å². The zero-order valence-electron chi connectivity index (χ0n) is 19.5. The highest BCUT2D eigenvalue weighted by Gasteiger charge is 2.18. The molecule has 0 bridgehead atoms. The molecule has 10 heteroatoms. The van der Waals surface area contributed by atoms with E-state index in [1.165, 1.54) is 24.3 Å². The zero-order valence-corrected chi connectivity index (χ0v) is 21.9. The molecular weight excluding hydrogens is 522 g/mol. The molecule has 0 aliphatic rings. The molecular formula is C26H23Cl2FN4O2S. The Morgan fingerprint density at radius 3 is 2.53 bits per heavy atom. The van der Waals surface area contributed by atoms with Crippen LogP contribution in [0.1, 0.15) is 11.1 Å². The lowest BCUT2D eigenvalue weighted by Gasteiger charge is -2.24. The molecule has 6 nitrogen and oxygen atoms in total. The number of rotatable bonds is 10. The number of halogens is 3. The lowest BCUT2D eigenvalue weighted by molar-refractivity contribution is 0.391. The number of hydrogen-bond acceptors (Lipinski definition) is 7. The topological polar surface area (TPSA) is 59.5 Å². The Labute approximate surface area is 223 Å². The van der Waals surface area contributed by atoms with Gasteiger partial charge in [0.1, 0.15) is 29.5 Å². The summed E-state index contributed by atoms with van der Waals surface area (Å²) in [6, 6.07) is 17.7. The van der Waals surface area contributed by atoms with Gasteiger partial charge in [0, 0.05) is 29.4 Å². The van der Waals surface area contributed by atoms with Gasteiger partial charge in [-0.1, -0.05) is 41.4 Å². The van der Waals surface area contributed by atoms with Gasteiger partial charge in [-0.25, -0.2) is 14.4 Å². The first-order valence-corrected chi connectivity index (χ1v) is 12.4. The van der Waals surface area contributed by atoms with E-state index in [0.29, 0.717) is 51.0 Å². The highest BCUT2D eigenvalue weighted by atomic mass is 35.5. The third kappa shape index (κ3) is 6.32. The molecule has 0 aliphatic heterocycles. The molecule has 1 N–H and O–H groups in total. The normalized spacial score (nSPS) is 10.7. The van der Waals surface area contributed by atoms with Crippen molar-refractivity contribution in [2.24, 2.45) is 0 Å². The molecule has 1 aromatic heterocycles. The van der Waals surface area contributed by atoms with Crippen molar-refractivity contribution < 1.29 is 13.9 Å². The van der Waals surface area contributed by atoms with Crippen LogP contribution in [0.5, 0.6) is 11.5 Å². The number of nitrogens with one attached hydrogen (secondary N) is 1. The number of benzene rings is 3. The second kappa shape index (κ2) is 12.2. The minimum absolute atomic E-state index is 0.342. The average molecular weight is 545 g/mol. The van der Waals surface area contributed by atoms with Crippen molar-refractivity contribution in [1.82, 2.24) is 9.97 Å². The Morgan fingerprint density at radius 1 is 0.972 bits per heavy atom. The number of nitrogens with zero attached hydrogens (tertiary/aromatic N) is 3. The smallest absolute Gasteiger partial charge is 0.142 e. The third-order valence-electron chi connectivity index (χ3n) is 5.29. The van der Waals surface area contributed by atoms with Crippen molar-refractivity contribution in [2.75, 3.05) is 23.8 Å². The Bertz CT molecular complexity index is 1330. The first-order valence-electron chi connectivity index (χ1n) is 10.9. The van der Waals surface area contributed by atoms with Crippen LogP contribution in [0.3, 0.4) is 0 Å². The number of anilines is 2. The standard InChI is InChI=1S/C26H23Cl2FN4O2S/c1-34-19-8-7-18(24(11-19)35-2)15-33(26-9-10-30-16-32-26)36-25-12-21(28)23(13-22(25)29)31-14-17-5-3-4-6-20(17)27/h3-13,16,31H,14-15H2,1-2H3. The molecule has 0 radical (unpaired) electrons. The van der Waals surface area contributed by atoms with Crippen LogP contribution < -0.4 is 19.1 Å². The van der Waals surface area contributed by atoms with E-state index in [4.69, 9.17) is 32.7 Å². The minimum Gasteiger partial charge on any atom is -0.497 e.